The molecule has 0 aliphatic carbocycles. The van der Waals surface area contributed by atoms with Crippen molar-refractivity contribution in [2.75, 3.05) is 25.1 Å². The quantitative estimate of drug-likeness (QED) is 0.603. The summed E-state index contributed by atoms with van der Waals surface area (Å²) < 4.78 is 24.6. The van der Waals surface area contributed by atoms with E-state index < -0.39 is 10.0 Å². The maximum absolute atomic E-state index is 11.5. The van der Waals surface area contributed by atoms with Crippen LogP contribution < -0.4 is 11.1 Å². The minimum absolute atomic E-state index is 0.311. The zero-order chi connectivity index (χ0) is 14.9. The molecule has 0 bridgehead atoms. The van der Waals surface area contributed by atoms with Gasteiger partial charge in [-0.2, -0.15) is 0 Å². The molecule has 4 N–H and O–H groups in total. The summed E-state index contributed by atoms with van der Waals surface area (Å²) >= 11 is 0. The first-order valence-corrected chi connectivity index (χ1v) is 8.58. The van der Waals surface area contributed by atoms with Crippen LogP contribution in [-0.2, 0) is 10.0 Å². The fourth-order valence-corrected chi connectivity index (χ4v) is 3.68. The lowest BCUT2D eigenvalue weighted by Gasteiger charge is -2.31. The Morgan fingerprint density at radius 2 is 1.95 bits per heavy atom. The molecular formula is C14H22N3O2S+. The molecule has 2 rings (SSSR count). The van der Waals surface area contributed by atoms with Crippen molar-refractivity contribution in [1.82, 2.24) is 4.31 Å². The molecular weight excluding hydrogens is 274 g/mol. The van der Waals surface area contributed by atoms with Crippen molar-refractivity contribution >= 4 is 21.9 Å². The number of nitrogens with two attached hydrogens (primary N) is 2. The van der Waals surface area contributed by atoms with Crippen molar-refractivity contribution in [3.8, 4) is 0 Å². The van der Waals surface area contributed by atoms with Crippen molar-refractivity contribution in [2.24, 2.45) is 0 Å². The van der Waals surface area contributed by atoms with Crippen LogP contribution in [0.5, 0.6) is 0 Å². The summed E-state index contributed by atoms with van der Waals surface area (Å²) in [6, 6.07) is 4.06. The molecule has 0 saturated carbocycles. The van der Waals surface area contributed by atoms with Crippen LogP contribution in [0.15, 0.2) is 12.1 Å². The molecule has 1 aromatic carbocycles. The van der Waals surface area contributed by atoms with Gasteiger partial charge in [0.2, 0.25) is 10.0 Å². The molecule has 1 aliphatic rings. The maximum atomic E-state index is 11.5. The molecule has 0 amide bonds. The Bertz CT molecular complexity index is 618. The van der Waals surface area contributed by atoms with E-state index in [1.54, 1.807) is 6.21 Å². The average Bonchev–Trinajstić information content (AvgIpc) is 2.41. The molecule has 1 heterocycles. The molecule has 1 fully saturated rings. The second kappa shape index (κ2) is 5.54. The minimum atomic E-state index is -3.09. The van der Waals surface area contributed by atoms with Gasteiger partial charge in [-0.25, -0.2) is 12.7 Å². The summed E-state index contributed by atoms with van der Waals surface area (Å²) in [5.41, 5.74) is 9.83. The van der Waals surface area contributed by atoms with Crippen LogP contribution in [0.25, 0.3) is 0 Å². The van der Waals surface area contributed by atoms with Crippen molar-refractivity contribution in [2.45, 2.75) is 25.7 Å². The van der Waals surface area contributed by atoms with Crippen molar-refractivity contribution in [3.05, 3.63) is 28.8 Å². The average molecular weight is 296 g/mol. The number of aryl methyl sites for hydroxylation is 1. The van der Waals surface area contributed by atoms with E-state index in [4.69, 9.17) is 11.1 Å². The Morgan fingerprint density at radius 1 is 1.35 bits per heavy atom. The molecule has 0 unspecified atom stereocenters. The van der Waals surface area contributed by atoms with Crippen molar-refractivity contribution < 1.29 is 13.8 Å². The fraction of sp³-hybridized carbons (Fsp3) is 0.500. The molecule has 20 heavy (non-hydrogen) atoms. The predicted octanol–water partition coefficient (Wildman–Crippen LogP) is -0.106. The van der Waals surface area contributed by atoms with E-state index in [1.807, 2.05) is 13.0 Å². The third kappa shape index (κ3) is 2.86. The highest BCUT2D eigenvalue weighted by Gasteiger charge is 2.27. The van der Waals surface area contributed by atoms with Crippen LogP contribution in [0.3, 0.4) is 0 Å². The van der Waals surface area contributed by atoms with E-state index in [0.29, 0.717) is 19.0 Å². The number of hydrogen-bond donors (Lipinski definition) is 2. The molecule has 1 saturated heterocycles. The fourth-order valence-electron chi connectivity index (χ4n) is 2.80. The first-order chi connectivity index (χ1) is 9.34. The monoisotopic (exact) mass is 296 g/mol. The van der Waals surface area contributed by atoms with Crippen LogP contribution in [0.4, 0.5) is 5.69 Å². The molecule has 1 aromatic rings. The van der Waals surface area contributed by atoms with E-state index in [2.05, 4.69) is 6.07 Å². The number of rotatable bonds is 3. The van der Waals surface area contributed by atoms with Gasteiger partial charge in [0.25, 0.3) is 0 Å². The van der Waals surface area contributed by atoms with Crippen molar-refractivity contribution in [3.63, 3.8) is 0 Å². The number of nitrogen functional groups attached to an aromatic ring is 1. The van der Waals surface area contributed by atoms with Gasteiger partial charge in [-0.3, -0.25) is 5.41 Å². The summed E-state index contributed by atoms with van der Waals surface area (Å²) in [6.45, 7) is 3.07. The van der Waals surface area contributed by atoms with Gasteiger partial charge >= 0.3 is 0 Å². The van der Waals surface area contributed by atoms with Gasteiger partial charge < -0.3 is 5.73 Å². The van der Waals surface area contributed by atoms with Crippen LogP contribution >= 0.6 is 0 Å². The summed E-state index contributed by atoms with van der Waals surface area (Å²) in [7, 11) is -3.09. The van der Waals surface area contributed by atoms with Gasteiger partial charge in [-0.1, -0.05) is 12.1 Å². The third-order valence-electron chi connectivity index (χ3n) is 4.07. The van der Waals surface area contributed by atoms with Gasteiger partial charge in [0.05, 0.1) is 11.8 Å². The van der Waals surface area contributed by atoms with E-state index in [-0.39, 0.29) is 0 Å². The molecule has 5 nitrogen and oxygen atoms in total. The first-order valence-electron chi connectivity index (χ1n) is 6.73. The lowest BCUT2D eigenvalue weighted by atomic mass is 9.86. The Labute approximate surface area is 120 Å². The molecule has 1 aliphatic heterocycles. The third-order valence-corrected chi connectivity index (χ3v) is 5.37. The molecule has 110 valence electrons. The largest absolute Gasteiger partial charge is 0.398 e. The number of anilines is 1. The number of nitrogens with zero attached hydrogens (tertiary/aromatic N) is 1. The number of hydrogen-bond acceptors (Lipinski definition) is 3. The van der Waals surface area contributed by atoms with Gasteiger partial charge in [-0.15, -0.1) is 0 Å². The summed E-state index contributed by atoms with van der Waals surface area (Å²) in [5.74, 6) is 0.311. The predicted molar refractivity (Wildman–Crippen MR) is 81.1 cm³/mol. The van der Waals surface area contributed by atoms with E-state index in [9.17, 15) is 8.42 Å². The lowest BCUT2D eigenvalue weighted by molar-refractivity contribution is -0.104. The minimum Gasteiger partial charge on any atom is -0.398 e. The first kappa shape index (κ1) is 15.0. The van der Waals surface area contributed by atoms with Crippen molar-refractivity contribution in [1.29, 1.82) is 0 Å². The standard InChI is InChI=1S/C14H21N3O2S/c1-10-3-4-12(13(9-15)14(10)16)11-5-7-17(8-6-11)20(2,18)19/h3-4,9,11,15H,5-8,16H2,1-2H3/p+1. The Morgan fingerprint density at radius 3 is 2.45 bits per heavy atom. The second-order valence-corrected chi connectivity index (χ2v) is 7.38. The molecule has 0 spiro atoms. The number of benzene rings is 1. The van der Waals surface area contributed by atoms with Gasteiger partial charge in [0.15, 0.2) is 6.21 Å². The number of piperidine rings is 1. The Hall–Kier alpha value is -1.40. The summed E-state index contributed by atoms with van der Waals surface area (Å²) in [4.78, 5) is 0. The highest BCUT2D eigenvalue weighted by Crippen LogP contribution is 2.33. The topological polar surface area (TPSA) is 89.0 Å². The Balaban J connectivity index is 2.23. The second-order valence-electron chi connectivity index (χ2n) is 5.40. The van der Waals surface area contributed by atoms with E-state index >= 15 is 0 Å². The molecule has 0 aromatic heterocycles. The van der Waals surface area contributed by atoms with Gasteiger partial charge in [-0.05, 0) is 36.8 Å². The number of sulfonamides is 1. The van der Waals surface area contributed by atoms with Gasteiger partial charge in [0, 0.05) is 18.8 Å². The zero-order valence-electron chi connectivity index (χ0n) is 12.0. The highest BCUT2D eigenvalue weighted by atomic mass is 32.2. The van der Waals surface area contributed by atoms with Crippen LogP contribution in [0.1, 0.15) is 35.4 Å². The van der Waals surface area contributed by atoms with Gasteiger partial charge in [0.1, 0.15) is 0 Å². The normalized spacial score (nSPS) is 18.1. The molecule has 0 radical (unpaired) electrons. The van der Waals surface area contributed by atoms with Crippen LogP contribution in [-0.4, -0.2) is 38.3 Å². The van der Waals surface area contributed by atoms with Crippen LogP contribution in [0, 0.1) is 6.92 Å². The SMILES string of the molecule is Cc1ccc(C2CCN(S(C)(=O)=O)CC2)c(C=[NH2+])c1N. The zero-order valence-corrected chi connectivity index (χ0v) is 12.8. The van der Waals surface area contributed by atoms with E-state index in [1.165, 1.54) is 10.6 Å². The maximum Gasteiger partial charge on any atom is 0.211 e. The summed E-state index contributed by atoms with van der Waals surface area (Å²) in [5, 5.41) is 5.71. The molecule has 0 atom stereocenters. The Kier molecular flexibility index (Phi) is 4.15. The smallest absolute Gasteiger partial charge is 0.211 e. The molecule has 6 heteroatoms. The lowest BCUT2D eigenvalue weighted by Crippen LogP contribution is -2.37. The van der Waals surface area contributed by atoms with E-state index in [0.717, 1.165) is 35.2 Å². The van der Waals surface area contributed by atoms with Crippen LogP contribution in [0.2, 0.25) is 0 Å². The highest BCUT2D eigenvalue weighted by molar-refractivity contribution is 7.88. The summed E-state index contributed by atoms with van der Waals surface area (Å²) in [6.07, 6.45) is 4.42.